The maximum absolute atomic E-state index is 13.1. The highest BCUT2D eigenvalue weighted by atomic mass is 28.4. The van der Waals surface area contributed by atoms with E-state index < -0.39 is 32.1 Å². The molecule has 2 aliphatic heterocycles. The zero-order chi connectivity index (χ0) is 21.6. The zero-order valence-corrected chi connectivity index (χ0v) is 18.6. The average molecular weight is 417 g/mol. The minimum Gasteiger partial charge on any atom is -0.416 e. The van der Waals surface area contributed by atoms with Gasteiger partial charge < -0.3 is 4.43 Å². The molecule has 2 heterocycles. The number of hydrogen-bond donors (Lipinski definition) is 1. The molecule has 29 heavy (non-hydrogen) atoms. The largest absolute Gasteiger partial charge is 0.416 e. The molecule has 0 aliphatic carbocycles. The van der Waals surface area contributed by atoms with Gasteiger partial charge in [0.25, 0.3) is 11.8 Å². The van der Waals surface area contributed by atoms with E-state index in [2.05, 4.69) is 39.2 Å². The van der Waals surface area contributed by atoms with E-state index in [1.54, 1.807) is 12.1 Å². The molecule has 1 unspecified atom stereocenters. The summed E-state index contributed by atoms with van der Waals surface area (Å²) in [5, 5.41) is 2.30. The Labute approximate surface area is 171 Å². The van der Waals surface area contributed by atoms with Crippen LogP contribution in [0.4, 0.5) is 0 Å². The monoisotopic (exact) mass is 416 g/mol. The summed E-state index contributed by atoms with van der Waals surface area (Å²) in [4.78, 5) is 50.6. The summed E-state index contributed by atoms with van der Waals surface area (Å²) in [6.07, 6.45) is 0.773. The first-order valence-corrected chi connectivity index (χ1v) is 12.8. The predicted molar refractivity (Wildman–Crippen MR) is 110 cm³/mol. The summed E-state index contributed by atoms with van der Waals surface area (Å²) in [5.41, 5.74) is 1.40. The summed E-state index contributed by atoms with van der Waals surface area (Å²) >= 11 is 0. The molecule has 1 aromatic rings. The van der Waals surface area contributed by atoms with E-state index in [4.69, 9.17) is 4.43 Å². The topological polar surface area (TPSA) is 92.8 Å². The van der Waals surface area contributed by atoms with Crippen LogP contribution in [0.2, 0.25) is 18.1 Å². The molecule has 4 amide bonds. The summed E-state index contributed by atoms with van der Waals surface area (Å²) in [7, 11) is -1.92. The lowest BCUT2D eigenvalue weighted by molar-refractivity contribution is -0.136. The fourth-order valence-corrected chi connectivity index (χ4v) is 4.47. The van der Waals surface area contributed by atoms with Gasteiger partial charge in [0, 0.05) is 13.0 Å². The number of fused-ring (bicyclic) bond motifs is 1. The molecule has 0 aromatic heterocycles. The van der Waals surface area contributed by atoms with Crippen LogP contribution in [0, 0.1) is 0 Å². The van der Waals surface area contributed by atoms with Crippen molar-refractivity contribution in [3.63, 3.8) is 0 Å². The van der Waals surface area contributed by atoms with Gasteiger partial charge in [-0.05, 0) is 42.6 Å². The maximum Gasteiger partial charge on any atom is 0.262 e. The van der Waals surface area contributed by atoms with Crippen molar-refractivity contribution in [3.05, 3.63) is 34.9 Å². The Balaban J connectivity index is 1.80. The molecule has 8 heteroatoms. The second-order valence-corrected chi connectivity index (χ2v) is 14.0. The van der Waals surface area contributed by atoms with E-state index in [9.17, 15) is 19.2 Å². The van der Waals surface area contributed by atoms with E-state index in [1.807, 2.05) is 6.07 Å². The molecular formula is C21H28N2O5Si. The van der Waals surface area contributed by atoms with Gasteiger partial charge in [0.15, 0.2) is 8.32 Å². The van der Waals surface area contributed by atoms with Crippen LogP contribution in [0.3, 0.4) is 0 Å². The Bertz CT molecular complexity index is 888. The van der Waals surface area contributed by atoms with E-state index >= 15 is 0 Å². The van der Waals surface area contributed by atoms with E-state index in [1.165, 1.54) is 0 Å². The summed E-state index contributed by atoms with van der Waals surface area (Å²) in [5.74, 6) is -1.93. The third-order valence-electron chi connectivity index (χ3n) is 6.19. The Hall–Kier alpha value is -2.32. The number of benzene rings is 1. The predicted octanol–water partition coefficient (Wildman–Crippen LogP) is 2.65. The molecule has 0 radical (unpaired) electrons. The van der Waals surface area contributed by atoms with Gasteiger partial charge in [-0.2, -0.15) is 0 Å². The fraction of sp³-hybridized carbons (Fsp3) is 0.524. The van der Waals surface area contributed by atoms with Crippen LogP contribution in [0.15, 0.2) is 18.2 Å². The first kappa shape index (κ1) is 21.4. The van der Waals surface area contributed by atoms with Crippen molar-refractivity contribution >= 4 is 31.9 Å². The van der Waals surface area contributed by atoms with Crippen molar-refractivity contribution in [2.24, 2.45) is 0 Å². The van der Waals surface area contributed by atoms with Crippen molar-refractivity contribution in [2.45, 2.75) is 64.2 Å². The van der Waals surface area contributed by atoms with Gasteiger partial charge in [0.1, 0.15) is 6.04 Å². The molecule has 2 aliphatic rings. The number of nitrogens with zero attached hydrogens (tertiary/aromatic N) is 1. The number of hydrogen-bond acceptors (Lipinski definition) is 5. The van der Waals surface area contributed by atoms with Crippen molar-refractivity contribution in [1.29, 1.82) is 0 Å². The third kappa shape index (κ3) is 3.91. The standard InChI is InChI=1S/C21H28N2O5Si/c1-21(2,3)29(4,5)28-12-11-13-7-6-8-14-17(13)20(27)23(19(14)26)15-9-10-16(24)22-18(15)25/h6-8,15H,9-12H2,1-5H3,(H,22,24,25). The molecule has 1 N–H and O–H groups in total. The Morgan fingerprint density at radius 2 is 1.83 bits per heavy atom. The molecular weight excluding hydrogens is 388 g/mol. The second-order valence-electron chi connectivity index (χ2n) is 9.15. The highest BCUT2D eigenvalue weighted by Crippen LogP contribution is 2.37. The first-order chi connectivity index (χ1) is 13.4. The summed E-state index contributed by atoms with van der Waals surface area (Å²) < 4.78 is 6.22. The van der Waals surface area contributed by atoms with Gasteiger partial charge in [0.05, 0.1) is 11.1 Å². The number of imide groups is 2. The molecule has 0 spiro atoms. The van der Waals surface area contributed by atoms with Crippen LogP contribution in [0.1, 0.15) is 59.9 Å². The van der Waals surface area contributed by atoms with E-state index in [0.717, 1.165) is 10.5 Å². The number of nitrogens with one attached hydrogen (secondary N) is 1. The normalized spacial score (nSPS) is 20.2. The quantitative estimate of drug-likeness (QED) is 0.588. The minimum atomic E-state index is -1.92. The van der Waals surface area contributed by atoms with Crippen LogP contribution in [0.5, 0.6) is 0 Å². The van der Waals surface area contributed by atoms with Crippen LogP contribution in [-0.4, -0.2) is 49.5 Å². The molecule has 1 aromatic carbocycles. The molecule has 1 atom stereocenters. The minimum absolute atomic E-state index is 0.0833. The number of piperidine rings is 1. The Morgan fingerprint density at radius 3 is 2.45 bits per heavy atom. The van der Waals surface area contributed by atoms with Gasteiger partial charge in [-0.3, -0.25) is 29.4 Å². The number of carbonyl (C=O) groups excluding carboxylic acids is 4. The molecule has 1 saturated heterocycles. The van der Waals surface area contributed by atoms with Crippen LogP contribution >= 0.6 is 0 Å². The summed E-state index contributed by atoms with van der Waals surface area (Å²) in [6, 6.07) is 4.24. The van der Waals surface area contributed by atoms with Gasteiger partial charge in [-0.15, -0.1) is 0 Å². The third-order valence-corrected chi connectivity index (χ3v) is 10.7. The maximum atomic E-state index is 13.1. The van der Waals surface area contributed by atoms with E-state index in [-0.39, 0.29) is 23.8 Å². The molecule has 3 rings (SSSR count). The number of rotatable bonds is 5. The highest BCUT2D eigenvalue weighted by molar-refractivity contribution is 6.74. The fourth-order valence-electron chi connectivity index (χ4n) is 3.43. The van der Waals surface area contributed by atoms with Crippen molar-refractivity contribution in [2.75, 3.05) is 6.61 Å². The zero-order valence-electron chi connectivity index (χ0n) is 17.6. The SMILES string of the molecule is CC(C)(C)[Si](C)(C)OCCc1cccc2c1C(=O)N(C1CCC(=O)NC1=O)C2=O. The Morgan fingerprint density at radius 1 is 1.14 bits per heavy atom. The molecule has 0 saturated carbocycles. The molecule has 0 bridgehead atoms. The number of carbonyl (C=O) groups is 4. The van der Waals surface area contributed by atoms with Crippen LogP contribution in [-0.2, 0) is 20.4 Å². The van der Waals surface area contributed by atoms with Crippen molar-refractivity contribution in [1.82, 2.24) is 10.2 Å². The van der Waals surface area contributed by atoms with Gasteiger partial charge in [0.2, 0.25) is 11.8 Å². The number of amides is 4. The van der Waals surface area contributed by atoms with Gasteiger partial charge >= 0.3 is 0 Å². The molecule has 156 valence electrons. The first-order valence-electron chi connectivity index (χ1n) is 9.91. The highest BCUT2D eigenvalue weighted by Gasteiger charge is 2.45. The molecule has 1 fully saturated rings. The lowest BCUT2D eigenvalue weighted by Gasteiger charge is -2.36. The van der Waals surface area contributed by atoms with Crippen LogP contribution < -0.4 is 5.32 Å². The van der Waals surface area contributed by atoms with Crippen molar-refractivity contribution < 1.29 is 23.6 Å². The van der Waals surface area contributed by atoms with Crippen molar-refractivity contribution in [3.8, 4) is 0 Å². The van der Waals surface area contributed by atoms with E-state index in [0.29, 0.717) is 24.2 Å². The van der Waals surface area contributed by atoms with Gasteiger partial charge in [-0.1, -0.05) is 32.9 Å². The lowest BCUT2D eigenvalue weighted by atomic mass is 10.0. The summed E-state index contributed by atoms with van der Waals surface area (Å²) in [6.45, 7) is 11.3. The second kappa shape index (κ2) is 7.49. The Kier molecular flexibility index (Phi) is 5.53. The lowest BCUT2D eigenvalue weighted by Crippen LogP contribution is -2.54. The smallest absolute Gasteiger partial charge is 0.262 e. The average Bonchev–Trinajstić information content (AvgIpc) is 2.86. The van der Waals surface area contributed by atoms with Crippen LogP contribution in [0.25, 0.3) is 0 Å². The molecule has 7 nitrogen and oxygen atoms in total. The van der Waals surface area contributed by atoms with Gasteiger partial charge in [-0.25, -0.2) is 0 Å².